The molecule has 5 nitrogen and oxygen atoms in total. The number of aliphatic hydroxyl groups is 1. The van der Waals surface area contributed by atoms with E-state index in [1.807, 2.05) is 0 Å². The van der Waals surface area contributed by atoms with E-state index >= 15 is 0 Å². The molecule has 0 bridgehead atoms. The van der Waals surface area contributed by atoms with Gasteiger partial charge < -0.3 is 15.2 Å². The first-order valence-electron chi connectivity index (χ1n) is 7.49. The number of benzene rings is 2. The Balaban J connectivity index is 2.23. The third-order valence-corrected chi connectivity index (χ3v) is 3.61. The molecule has 0 aliphatic carbocycles. The molecule has 0 spiro atoms. The van der Waals surface area contributed by atoms with E-state index < -0.39 is 24.0 Å². The number of esters is 1. The second kappa shape index (κ2) is 8.47. The Morgan fingerprint density at radius 2 is 1.88 bits per heavy atom. The highest BCUT2D eigenvalue weighted by atomic mass is 35.5. The molecule has 24 heavy (non-hydrogen) atoms. The van der Waals surface area contributed by atoms with Crippen LogP contribution in [0.2, 0.25) is 5.02 Å². The van der Waals surface area contributed by atoms with Crippen molar-refractivity contribution in [3.63, 3.8) is 0 Å². The number of rotatable bonds is 6. The van der Waals surface area contributed by atoms with Crippen molar-refractivity contribution < 1.29 is 19.4 Å². The SMILES string of the molecule is CCOC(=O)C(NC(=O)c1cccc(Cl)c1)C(O)c1ccccc1. The van der Waals surface area contributed by atoms with Gasteiger partial charge in [0.1, 0.15) is 6.10 Å². The zero-order valence-corrected chi connectivity index (χ0v) is 13.9. The lowest BCUT2D eigenvalue weighted by Gasteiger charge is -2.23. The largest absolute Gasteiger partial charge is 0.464 e. The summed E-state index contributed by atoms with van der Waals surface area (Å²) in [6, 6.07) is 13.7. The van der Waals surface area contributed by atoms with Gasteiger partial charge in [0.2, 0.25) is 0 Å². The number of carbonyl (C=O) groups is 2. The molecule has 0 aliphatic rings. The molecule has 1 amide bonds. The minimum absolute atomic E-state index is 0.143. The molecule has 0 fully saturated rings. The van der Waals surface area contributed by atoms with Crippen LogP contribution in [0.4, 0.5) is 0 Å². The number of carbonyl (C=O) groups excluding carboxylic acids is 2. The highest BCUT2D eigenvalue weighted by Gasteiger charge is 2.31. The van der Waals surface area contributed by atoms with Crippen molar-refractivity contribution in [2.24, 2.45) is 0 Å². The Morgan fingerprint density at radius 3 is 2.50 bits per heavy atom. The van der Waals surface area contributed by atoms with Crippen LogP contribution in [0.5, 0.6) is 0 Å². The molecule has 2 N–H and O–H groups in total. The first-order chi connectivity index (χ1) is 11.5. The maximum atomic E-state index is 12.4. The number of nitrogens with one attached hydrogen (secondary N) is 1. The standard InChI is InChI=1S/C18H18ClNO4/c1-2-24-18(23)15(16(21)12-7-4-3-5-8-12)20-17(22)13-9-6-10-14(19)11-13/h3-11,15-16,21H,2H2,1H3,(H,20,22). The molecule has 0 aromatic heterocycles. The summed E-state index contributed by atoms with van der Waals surface area (Å²) in [5.74, 6) is -1.23. The zero-order chi connectivity index (χ0) is 17.5. The van der Waals surface area contributed by atoms with Crippen molar-refractivity contribution in [3.05, 3.63) is 70.7 Å². The van der Waals surface area contributed by atoms with Crippen LogP contribution in [-0.4, -0.2) is 29.6 Å². The molecular formula is C18H18ClNO4. The first kappa shape index (κ1) is 18.0. The monoisotopic (exact) mass is 347 g/mol. The zero-order valence-electron chi connectivity index (χ0n) is 13.1. The molecule has 0 saturated heterocycles. The highest BCUT2D eigenvalue weighted by Crippen LogP contribution is 2.19. The van der Waals surface area contributed by atoms with E-state index in [0.29, 0.717) is 10.6 Å². The maximum Gasteiger partial charge on any atom is 0.331 e. The van der Waals surface area contributed by atoms with Crippen LogP contribution >= 0.6 is 11.6 Å². The maximum absolute atomic E-state index is 12.4. The van der Waals surface area contributed by atoms with E-state index in [9.17, 15) is 14.7 Å². The van der Waals surface area contributed by atoms with Crippen LogP contribution in [0.15, 0.2) is 54.6 Å². The predicted molar refractivity (Wildman–Crippen MR) is 90.7 cm³/mol. The molecule has 126 valence electrons. The molecule has 0 heterocycles. The smallest absolute Gasteiger partial charge is 0.331 e. The summed E-state index contributed by atoms with van der Waals surface area (Å²) in [5, 5.41) is 13.4. The first-order valence-corrected chi connectivity index (χ1v) is 7.86. The number of ether oxygens (including phenoxy) is 1. The van der Waals surface area contributed by atoms with Gasteiger partial charge >= 0.3 is 5.97 Å². The average Bonchev–Trinajstić information content (AvgIpc) is 2.59. The molecule has 2 aromatic rings. The van der Waals surface area contributed by atoms with Crippen molar-refractivity contribution in [2.45, 2.75) is 19.1 Å². The van der Waals surface area contributed by atoms with Gasteiger partial charge in [0.25, 0.3) is 5.91 Å². The van der Waals surface area contributed by atoms with E-state index in [0.717, 1.165) is 0 Å². The summed E-state index contributed by atoms with van der Waals surface area (Å²) in [5.41, 5.74) is 0.791. The van der Waals surface area contributed by atoms with Crippen LogP contribution in [-0.2, 0) is 9.53 Å². The van der Waals surface area contributed by atoms with Gasteiger partial charge in [-0.1, -0.05) is 48.0 Å². The molecule has 0 saturated carbocycles. The molecule has 0 aliphatic heterocycles. The molecule has 6 heteroatoms. The average molecular weight is 348 g/mol. The van der Waals surface area contributed by atoms with E-state index in [1.54, 1.807) is 55.5 Å². The number of halogens is 1. The molecule has 2 atom stereocenters. The summed E-state index contributed by atoms with van der Waals surface area (Å²) in [4.78, 5) is 24.5. The second-order valence-electron chi connectivity index (χ2n) is 5.07. The van der Waals surface area contributed by atoms with Crippen LogP contribution in [0, 0.1) is 0 Å². The van der Waals surface area contributed by atoms with Gasteiger partial charge in [-0.2, -0.15) is 0 Å². The predicted octanol–water partition coefficient (Wildman–Crippen LogP) is 2.74. The normalized spacial score (nSPS) is 13.0. The summed E-state index contributed by atoms with van der Waals surface area (Å²) in [6.07, 6.45) is -1.23. The number of amides is 1. The summed E-state index contributed by atoms with van der Waals surface area (Å²) < 4.78 is 4.97. The van der Waals surface area contributed by atoms with Gasteiger partial charge in [-0.05, 0) is 30.7 Å². The van der Waals surface area contributed by atoms with Crippen molar-refractivity contribution in [3.8, 4) is 0 Å². The van der Waals surface area contributed by atoms with Gasteiger partial charge in [-0.3, -0.25) is 4.79 Å². The van der Waals surface area contributed by atoms with Crippen LogP contribution < -0.4 is 5.32 Å². The summed E-state index contributed by atoms with van der Waals surface area (Å²) >= 11 is 5.88. The second-order valence-corrected chi connectivity index (χ2v) is 5.51. The van der Waals surface area contributed by atoms with Crippen molar-refractivity contribution in [2.75, 3.05) is 6.61 Å². The lowest BCUT2D eigenvalue weighted by molar-refractivity contribution is -0.148. The fourth-order valence-electron chi connectivity index (χ4n) is 2.20. The fraction of sp³-hybridized carbons (Fsp3) is 0.222. The van der Waals surface area contributed by atoms with E-state index in [4.69, 9.17) is 16.3 Å². The minimum atomic E-state index is -1.23. The highest BCUT2D eigenvalue weighted by molar-refractivity contribution is 6.31. The van der Waals surface area contributed by atoms with Gasteiger partial charge in [-0.15, -0.1) is 0 Å². The lowest BCUT2D eigenvalue weighted by atomic mass is 10.0. The third-order valence-electron chi connectivity index (χ3n) is 3.37. The number of hydrogen-bond donors (Lipinski definition) is 2. The Labute approximate surface area is 145 Å². The van der Waals surface area contributed by atoms with Crippen LogP contribution in [0.25, 0.3) is 0 Å². The Morgan fingerprint density at radius 1 is 1.17 bits per heavy atom. The minimum Gasteiger partial charge on any atom is -0.464 e. The van der Waals surface area contributed by atoms with Crippen molar-refractivity contribution >= 4 is 23.5 Å². The Kier molecular flexibility index (Phi) is 6.35. The van der Waals surface area contributed by atoms with E-state index in [1.165, 1.54) is 6.07 Å². The topological polar surface area (TPSA) is 75.6 Å². The Hall–Kier alpha value is -2.37. The van der Waals surface area contributed by atoms with Crippen molar-refractivity contribution in [1.82, 2.24) is 5.32 Å². The van der Waals surface area contributed by atoms with Gasteiger partial charge in [-0.25, -0.2) is 4.79 Å². The fourth-order valence-corrected chi connectivity index (χ4v) is 2.39. The van der Waals surface area contributed by atoms with Gasteiger partial charge in [0, 0.05) is 10.6 Å². The molecule has 2 rings (SSSR count). The third kappa shape index (κ3) is 4.57. The lowest BCUT2D eigenvalue weighted by Crippen LogP contribution is -2.46. The van der Waals surface area contributed by atoms with E-state index in [-0.39, 0.29) is 12.2 Å². The van der Waals surface area contributed by atoms with E-state index in [2.05, 4.69) is 5.32 Å². The van der Waals surface area contributed by atoms with Crippen LogP contribution in [0.1, 0.15) is 28.9 Å². The van der Waals surface area contributed by atoms with Gasteiger partial charge in [0.05, 0.1) is 6.61 Å². The number of aliphatic hydroxyl groups excluding tert-OH is 1. The molecular weight excluding hydrogens is 330 g/mol. The molecule has 2 unspecified atom stereocenters. The summed E-state index contributed by atoms with van der Waals surface area (Å²) in [6.45, 7) is 1.80. The van der Waals surface area contributed by atoms with Gasteiger partial charge in [0.15, 0.2) is 6.04 Å². The van der Waals surface area contributed by atoms with Crippen LogP contribution in [0.3, 0.4) is 0 Å². The molecule has 0 radical (unpaired) electrons. The summed E-state index contributed by atoms with van der Waals surface area (Å²) in [7, 11) is 0. The van der Waals surface area contributed by atoms with Crippen molar-refractivity contribution in [1.29, 1.82) is 0 Å². The Bertz CT molecular complexity index is 705. The quantitative estimate of drug-likeness (QED) is 0.788. The number of hydrogen-bond acceptors (Lipinski definition) is 4. The molecule has 2 aromatic carbocycles.